The lowest BCUT2D eigenvalue weighted by molar-refractivity contribution is 0.100. The van der Waals surface area contributed by atoms with Crippen molar-refractivity contribution in [1.29, 1.82) is 0 Å². The monoisotopic (exact) mass is 339 g/mol. The quantitative estimate of drug-likeness (QED) is 0.639. The summed E-state index contributed by atoms with van der Waals surface area (Å²) in [7, 11) is 0. The van der Waals surface area contributed by atoms with Crippen LogP contribution in [0.15, 0.2) is 48.0 Å². The number of nitrogens with two attached hydrogens (primary N) is 1. The number of hydrogen-bond donors (Lipinski definition) is 3. The molecule has 7 heteroatoms. The van der Waals surface area contributed by atoms with Crippen molar-refractivity contribution >= 4 is 34.7 Å². The molecular formula is C17H17N5OS. The largest absolute Gasteiger partial charge is 0.370 e. The Morgan fingerprint density at radius 3 is 2.67 bits per heavy atom. The molecule has 0 bridgehead atoms. The normalized spacial score (nSPS) is 10.4. The van der Waals surface area contributed by atoms with Crippen LogP contribution < -0.4 is 16.4 Å². The minimum atomic E-state index is -0.558. The third kappa shape index (κ3) is 3.52. The fourth-order valence-corrected chi connectivity index (χ4v) is 2.95. The first kappa shape index (κ1) is 15.9. The average molecular weight is 339 g/mol. The Labute approximate surface area is 143 Å². The van der Waals surface area contributed by atoms with Gasteiger partial charge >= 0.3 is 0 Å². The number of amides is 1. The lowest BCUT2D eigenvalue weighted by Gasteiger charge is -2.10. The molecular weight excluding hydrogens is 322 g/mol. The molecule has 0 saturated heterocycles. The van der Waals surface area contributed by atoms with E-state index in [2.05, 4.69) is 32.0 Å². The highest BCUT2D eigenvalue weighted by Gasteiger charge is 2.11. The van der Waals surface area contributed by atoms with Gasteiger partial charge in [-0.05, 0) is 36.1 Å². The van der Waals surface area contributed by atoms with Gasteiger partial charge in [0.2, 0.25) is 5.95 Å². The van der Waals surface area contributed by atoms with E-state index in [0.29, 0.717) is 18.3 Å². The Morgan fingerprint density at radius 1 is 1.25 bits per heavy atom. The zero-order chi connectivity index (χ0) is 16.9. The number of hydrogen-bond acceptors (Lipinski definition) is 6. The summed E-state index contributed by atoms with van der Waals surface area (Å²) in [6.45, 7) is 2.55. The van der Waals surface area contributed by atoms with Crippen LogP contribution in [-0.4, -0.2) is 22.4 Å². The van der Waals surface area contributed by atoms with Gasteiger partial charge in [0.1, 0.15) is 5.82 Å². The molecule has 0 aliphatic rings. The van der Waals surface area contributed by atoms with Gasteiger partial charge in [0.15, 0.2) is 0 Å². The Bertz CT molecular complexity index is 831. The number of carbonyl (C=O) groups excluding carboxylic acids is 1. The van der Waals surface area contributed by atoms with E-state index in [1.807, 2.05) is 37.3 Å². The smallest absolute Gasteiger partial charge is 0.254 e. The summed E-state index contributed by atoms with van der Waals surface area (Å²) in [4.78, 5) is 21.1. The molecule has 3 aromatic rings. The van der Waals surface area contributed by atoms with Gasteiger partial charge in [-0.2, -0.15) is 4.98 Å². The number of benzene rings is 1. The van der Waals surface area contributed by atoms with Crippen molar-refractivity contribution in [3.8, 4) is 10.4 Å². The van der Waals surface area contributed by atoms with Crippen molar-refractivity contribution in [2.24, 2.45) is 5.73 Å². The number of primary amides is 1. The number of aromatic nitrogens is 2. The van der Waals surface area contributed by atoms with Gasteiger partial charge in [-0.1, -0.05) is 18.2 Å². The van der Waals surface area contributed by atoms with Crippen LogP contribution >= 0.6 is 11.3 Å². The number of carbonyl (C=O) groups is 1. The first-order valence-corrected chi connectivity index (χ1v) is 8.37. The first-order valence-electron chi connectivity index (χ1n) is 7.49. The van der Waals surface area contributed by atoms with Crippen molar-refractivity contribution < 1.29 is 4.79 Å². The minimum absolute atomic E-state index is 0.274. The van der Waals surface area contributed by atoms with Gasteiger partial charge < -0.3 is 16.4 Å². The summed E-state index contributed by atoms with van der Waals surface area (Å²) in [5.41, 5.74) is 7.63. The second-order valence-corrected chi connectivity index (χ2v) is 5.98. The molecule has 0 fully saturated rings. The lowest BCUT2D eigenvalue weighted by atomic mass is 10.2. The topological polar surface area (TPSA) is 92.9 Å². The van der Waals surface area contributed by atoms with Gasteiger partial charge in [-0.15, -0.1) is 11.3 Å². The Balaban J connectivity index is 1.80. The first-order chi connectivity index (χ1) is 11.7. The van der Waals surface area contributed by atoms with Crippen molar-refractivity contribution in [2.45, 2.75) is 6.92 Å². The second-order valence-electron chi connectivity index (χ2n) is 5.03. The van der Waals surface area contributed by atoms with Crippen molar-refractivity contribution in [3.05, 3.63) is 53.5 Å². The predicted octanol–water partition coefficient (Wildman–Crippen LogP) is 3.48. The van der Waals surface area contributed by atoms with Crippen LogP contribution in [0.3, 0.4) is 0 Å². The summed E-state index contributed by atoms with van der Waals surface area (Å²) in [5, 5.41) is 8.20. The standard InChI is InChI=1S/C17H17N5OS/c1-2-19-16-13(15(18)23)10-20-17(22-16)21-12-7-5-11(6-8-12)14-4-3-9-24-14/h3-10H,2H2,1H3,(H2,18,23)(H2,19,20,21,22). The van der Waals surface area contributed by atoms with Gasteiger partial charge in [0.25, 0.3) is 5.91 Å². The van der Waals surface area contributed by atoms with E-state index >= 15 is 0 Å². The van der Waals surface area contributed by atoms with Crippen molar-refractivity contribution in [1.82, 2.24) is 9.97 Å². The van der Waals surface area contributed by atoms with E-state index in [-0.39, 0.29) is 5.56 Å². The third-order valence-corrected chi connectivity index (χ3v) is 4.26. The van der Waals surface area contributed by atoms with Crippen LogP contribution in [0.1, 0.15) is 17.3 Å². The number of thiophene rings is 1. The molecule has 4 N–H and O–H groups in total. The van der Waals surface area contributed by atoms with Gasteiger partial charge in [-0.3, -0.25) is 4.79 Å². The molecule has 2 heterocycles. The molecule has 1 amide bonds. The molecule has 0 spiro atoms. The maximum absolute atomic E-state index is 11.4. The van der Waals surface area contributed by atoms with Gasteiger partial charge in [-0.25, -0.2) is 4.98 Å². The molecule has 24 heavy (non-hydrogen) atoms. The van der Waals surface area contributed by atoms with Crippen LogP contribution in [0.2, 0.25) is 0 Å². The van der Waals surface area contributed by atoms with E-state index in [1.165, 1.54) is 11.1 Å². The highest BCUT2D eigenvalue weighted by molar-refractivity contribution is 7.13. The Hall–Kier alpha value is -2.93. The number of nitrogens with one attached hydrogen (secondary N) is 2. The number of anilines is 3. The molecule has 3 rings (SSSR count). The van der Waals surface area contributed by atoms with Crippen molar-refractivity contribution in [2.75, 3.05) is 17.2 Å². The molecule has 0 radical (unpaired) electrons. The maximum Gasteiger partial charge on any atom is 0.254 e. The lowest BCUT2D eigenvalue weighted by Crippen LogP contribution is -2.16. The predicted molar refractivity (Wildman–Crippen MR) is 97.8 cm³/mol. The highest BCUT2D eigenvalue weighted by atomic mass is 32.1. The summed E-state index contributed by atoms with van der Waals surface area (Å²) >= 11 is 1.70. The van der Waals surface area contributed by atoms with Crippen LogP contribution in [0.5, 0.6) is 0 Å². The van der Waals surface area contributed by atoms with E-state index < -0.39 is 5.91 Å². The van der Waals surface area contributed by atoms with Crippen LogP contribution in [0.25, 0.3) is 10.4 Å². The zero-order valence-corrected chi connectivity index (χ0v) is 13.9. The highest BCUT2D eigenvalue weighted by Crippen LogP contribution is 2.26. The zero-order valence-electron chi connectivity index (χ0n) is 13.1. The molecule has 1 aromatic carbocycles. The summed E-state index contributed by atoms with van der Waals surface area (Å²) < 4.78 is 0. The molecule has 0 atom stereocenters. The van der Waals surface area contributed by atoms with E-state index in [0.717, 1.165) is 11.3 Å². The Morgan fingerprint density at radius 2 is 2.04 bits per heavy atom. The van der Waals surface area contributed by atoms with Gasteiger partial charge in [0.05, 0.1) is 5.56 Å². The number of nitrogens with zero attached hydrogens (tertiary/aromatic N) is 2. The molecule has 0 aliphatic carbocycles. The molecule has 2 aromatic heterocycles. The average Bonchev–Trinajstić information content (AvgIpc) is 3.10. The minimum Gasteiger partial charge on any atom is -0.370 e. The fraction of sp³-hybridized carbons (Fsp3) is 0.118. The fourth-order valence-electron chi connectivity index (χ4n) is 2.21. The molecule has 0 saturated carbocycles. The van der Waals surface area contributed by atoms with Crippen LogP contribution in [0.4, 0.5) is 17.5 Å². The molecule has 122 valence electrons. The Kier molecular flexibility index (Phi) is 4.72. The van der Waals surface area contributed by atoms with E-state index in [1.54, 1.807) is 11.3 Å². The van der Waals surface area contributed by atoms with Crippen LogP contribution in [0, 0.1) is 0 Å². The SMILES string of the molecule is CCNc1nc(Nc2ccc(-c3cccs3)cc2)ncc1C(N)=O. The van der Waals surface area contributed by atoms with Gasteiger partial charge in [0, 0.05) is 23.3 Å². The maximum atomic E-state index is 11.4. The molecule has 6 nitrogen and oxygen atoms in total. The second kappa shape index (κ2) is 7.10. The molecule has 0 unspecified atom stereocenters. The van der Waals surface area contributed by atoms with E-state index in [4.69, 9.17) is 5.73 Å². The van der Waals surface area contributed by atoms with E-state index in [9.17, 15) is 4.79 Å². The molecule has 0 aliphatic heterocycles. The van der Waals surface area contributed by atoms with Crippen molar-refractivity contribution in [3.63, 3.8) is 0 Å². The third-order valence-electron chi connectivity index (χ3n) is 3.35. The summed E-state index contributed by atoms with van der Waals surface area (Å²) in [5.74, 6) is 0.273. The summed E-state index contributed by atoms with van der Waals surface area (Å²) in [6, 6.07) is 12.1. The summed E-state index contributed by atoms with van der Waals surface area (Å²) in [6.07, 6.45) is 1.43. The van der Waals surface area contributed by atoms with Crippen LogP contribution in [-0.2, 0) is 0 Å². The number of rotatable bonds is 6.